The summed E-state index contributed by atoms with van der Waals surface area (Å²) in [6.45, 7) is 6.44. The average molecular weight is 544 g/mol. The number of ether oxygens (including phenoxy) is 1. The van der Waals surface area contributed by atoms with Gasteiger partial charge in [0.15, 0.2) is 5.82 Å². The van der Waals surface area contributed by atoms with Crippen molar-refractivity contribution in [1.29, 1.82) is 0 Å². The van der Waals surface area contributed by atoms with Crippen molar-refractivity contribution in [2.45, 2.75) is 63.2 Å². The third-order valence-electron chi connectivity index (χ3n) is 9.22. The van der Waals surface area contributed by atoms with Crippen LogP contribution in [0.1, 0.15) is 75.1 Å². The second-order valence-corrected chi connectivity index (χ2v) is 11.4. The molecule has 0 unspecified atom stereocenters. The quantitative estimate of drug-likeness (QED) is 0.325. The van der Waals surface area contributed by atoms with Gasteiger partial charge in [0.1, 0.15) is 23.4 Å². The van der Waals surface area contributed by atoms with Crippen LogP contribution in [-0.2, 0) is 20.4 Å². The van der Waals surface area contributed by atoms with Crippen molar-refractivity contribution in [3.63, 3.8) is 0 Å². The molecular weight excluding hydrogens is 516 g/mol. The van der Waals surface area contributed by atoms with Crippen molar-refractivity contribution in [1.82, 2.24) is 34.9 Å². The second-order valence-electron chi connectivity index (χ2n) is 11.4. The maximum atomic E-state index is 14.6. The SMILES string of the molecule is CCOC(=O)C1(c2ncn(-c3nccc([C@]45CC[C@@H](c6cc(-c7c(F)cccc7F)nnc64)C5(C)C)n3)n2)CC1. The summed E-state index contributed by atoms with van der Waals surface area (Å²) >= 11 is 0. The molecule has 0 spiro atoms. The molecule has 1 aromatic carbocycles. The lowest BCUT2D eigenvalue weighted by molar-refractivity contribution is -0.146. The highest BCUT2D eigenvalue weighted by molar-refractivity contribution is 5.85. The molecule has 0 N–H and O–H groups in total. The van der Waals surface area contributed by atoms with Crippen LogP contribution in [0.3, 0.4) is 0 Å². The lowest BCUT2D eigenvalue weighted by atomic mass is 9.66. The summed E-state index contributed by atoms with van der Waals surface area (Å²) in [5.41, 5.74) is 0.833. The molecule has 3 aliphatic carbocycles. The van der Waals surface area contributed by atoms with E-state index in [2.05, 4.69) is 39.1 Å². The van der Waals surface area contributed by atoms with Gasteiger partial charge in [-0.2, -0.15) is 9.78 Å². The third kappa shape index (κ3) is 3.20. The zero-order valence-corrected chi connectivity index (χ0v) is 22.4. The molecule has 3 heterocycles. The number of nitrogens with zero attached hydrogens (tertiary/aromatic N) is 7. The Morgan fingerprint density at radius 3 is 2.60 bits per heavy atom. The Kier molecular flexibility index (Phi) is 5.24. The van der Waals surface area contributed by atoms with E-state index in [0.717, 1.165) is 29.8 Å². The summed E-state index contributed by atoms with van der Waals surface area (Å²) in [6, 6.07) is 7.45. The summed E-state index contributed by atoms with van der Waals surface area (Å²) in [4.78, 5) is 26.3. The average Bonchev–Trinajstić information content (AvgIpc) is 3.45. The molecule has 0 radical (unpaired) electrons. The first kappa shape index (κ1) is 24.9. The van der Waals surface area contributed by atoms with Crippen LogP contribution in [0.25, 0.3) is 17.2 Å². The monoisotopic (exact) mass is 543 g/mol. The minimum atomic E-state index is -0.798. The smallest absolute Gasteiger partial charge is 0.319 e. The normalized spacial score (nSPS) is 23.2. The molecule has 2 atom stereocenters. The van der Waals surface area contributed by atoms with Crippen molar-refractivity contribution < 1.29 is 18.3 Å². The minimum Gasteiger partial charge on any atom is -0.465 e. The lowest BCUT2D eigenvalue weighted by Gasteiger charge is -2.37. The van der Waals surface area contributed by atoms with E-state index >= 15 is 0 Å². The highest BCUT2D eigenvalue weighted by Gasteiger charge is 2.65. The number of benzene rings is 1. The molecule has 40 heavy (non-hydrogen) atoms. The number of carbonyl (C=O) groups is 1. The topological polar surface area (TPSA) is 109 Å². The van der Waals surface area contributed by atoms with Crippen molar-refractivity contribution in [3.05, 3.63) is 77.3 Å². The molecule has 0 aliphatic heterocycles. The number of hydrogen-bond donors (Lipinski definition) is 0. The lowest BCUT2D eigenvalue weighted by Crippen LogP contribution is -2.38. The summed E-state index contributed by atoms with van der Waals surface area (Å²) in [7, 11) is 0. The van der Waals surface area contributed by atoms with Gasteiger partial charge in [0.05, 0.1) is 34.7 Å². The molecule has 2 fully saturated rings. The maximum absolute atomic E-state index is 14.6. The Bertz CT molecular complexity index is 1660. The molecular formula is C29H27F2N7O2. The first-order valence-electron chi connectivity index (χ1n) is 13.5. The largest absolute Gasteiger partial charge is 0.465 e. The second kappa shape index (κ2) is 8.42. The third-order valence-corrected chi connectivity index (χ3v) is 9.22. The highest BCUT2D eigenvalue weighted by Crippen LogP contribution is 2.69. The minimum absolute atomic E-state index is 0.113. The molecule has 2 bridgehead atoms. The van der Waals surface area contributed by atoms with Crippen molar-refractivity contribution >= 4 is 5.97 Å². The van der Waals surface area contributed by atoms with Crippen LogP contribution < -0.4 is 0 Å². The van der Waals surface area contributed by atoms with E-state index in [0.29, 0.717) is 31.2 Å². The zero-order valence-electron chi connectivity index (χ0n) is 22.4. The summed E-state index contributed by atoms with van der Waals surface area (Å²) < 4.78 is 35.9. The van der Waals surface area contributed by atoms with Gasteiger partial charge in [-0.1, -0.05) is 19.9 Å². The van der Waals surface area contributed by atoms with Gasteiger partial charge in [-0.25, -0.2) is 23.7 Å². The van der Waals surface area contributed by atoms with Crippen LogP contribution in [0.2, 0.25) is 0 Å². The maximum Gasteiger partial charge on any atom is 0.319 e. The first-order chi connectivity index (χ1) is 19.2. The number of esters is 1. The van der Waals surface area contributed by atoms with Gasteiger partial charge in [-0.3, -0.25) is 4.79 Å². The Morgan fingerprint density at radius 2 is 1.88 bits per heavy atom. The number of halogens is 2. The molecule has 4 aromatic rings. The number of rotatable bonds is 6. The van der Waals surface area contributed by atoms with Gasteiger partial charge in [0, 0.05) is 6.20 Å². The fourth-order valence-corrected chi connectivity index (χ4v) is 6.95. The number of aromatic nitrogens is 7. The zero-order chi connectivity index (χ0) is 27.9. The molecule has 3 aliphatic rings. The van der Waals surface area contributed by atoms with E-state index in [1.165, 1.54) is 29.2 Å². The molecule has 0 saturated heterocycles. The first-order valence-corrected chi connectivity index (χ1v) is 13.5. The molecule has 204 valence electrons. The van der Waals surface area contributed by atoms with Gasteiger partial charge in [0.25, 0.3) is 5.95 Å². The van der Waals surface area contributed by atoms with Gasteiger partial charge >= 0.3 is 5.97 Å². The number of fused-ring (bicyclic) bond motifs is 5. The van der Waals surface area contributed by atoms with Gasteiger partial charge in [0.2, 0.25) is 0 Å². The summed E-state index contributed by atoms with van der Waals surface area (Å²) in [6.07, 6.45) is 6.16. The standard InChI is InChI=1S/C29H27F2N7O2/c1-4-40-25(39)28(11-12-28)24-33-15-38(37-24)26-32-13-9-21(34-26)29-10-8-17(27(29,2)3)16-14-20(35-36-23(16)29)22-18(30)6-5-7-19(22)31/h5-7,9,13-15,17H,4,8,10-12H2,1-3H3/t17-,29+/m0/s1. The number of hydrogen-bond acceptors (Lipinski definition) is 8. The molecule has 11 heteroatoms. The van der Waals surface area contributed by atoms with Crippen LogP contribution in [0.5, 0.6) is 0 Å². The predicted octanol–water partition coefficient (Wildman–Crippen LogP) is 4.59. The van der Waals surface area contributed by atoms with Crippen molar-refractivity contribution in [3.8, 4) is 17.2 Å². The van der Waals surface area contributed by atoms with Crippen LogP contribution >= 0.6 is 0 Å². The predicted molar refractivity (Wildman–Crippen MR) is 138 cm³/mol. The van der Waals surface area contributed by atoms with E-state index in [-0.39, 0.29) is 28.6 Å². The van der Waals surface area contributed by atoms with Gasteiger partial charge in [-0.15, -0.1) is 10.2 Å². The molecule has 7 rings (SSSR count). The van der Waals surface area contributed by atoms with E-state index in [1.807, 2.05) is 6.07 Å². The summed E-state index contributed by atoms with van der Waals surface area (Å²) in [5.74, 6) is -0.802. The number of carbonyl (C=O) groups excluding carboxylic acids is 1. The molecule has 3 aromatic heterocycles. The van der Waals surface area contributed by atoms with Crippen LogP contribution in [0, 0.1) is 17.0 Å². The Morgan fingerprint density at radius 1 is 1.10 bits per heavy atom. The van der Waals surface area contributed by atoms with Gasteiger partial charge in [-0.05, 0) is 73.8 Å². The van der Waals surface area contributed by atoms with Crippen LogP contribution in [0.15, 0.2) is 42.9 Å². The van der Waals surface area contributed by atoms with E-state index in [1.54, 1.807) is 19.2 Å². The Hall–Kier alpha value is -4.15. The van der Waals surface area contributed by atoms with Crippen molar-refractivity contribution in [2.75, 3.05) is 6.61 Å². The van der Waals surface area contributed by atoms with E-state index < -0.39 is 22.5 Å². The highest BCUT2D eigenvalue weighted by atomic mass is 19.1. The molecule has 2 saturated carbocycles. The molecule has 0 amide bonds. The van der Waals surface area contributed by atoms with Crippen molar-refractivity contribution in [2.24, 2.45) is 5.41 Å². The van der Waals surface area contributed by atoms with Crippen LogP contribution in [0.4, 0.5) is 8.78 Å². The van der Waals surface area contributed by atoms with Crippen LogP contribution in [-0.4, -0.2) is 47.5 Å². The van der Waals surface area contributed by atoms with Gasteiger partial charge < -0.3 is 4.74 Å². The fourth-order valence-electron chi connectivity index (χ4n) is 6.95. The van der Waals surface area contributed by atoms with E-state index in [4.69, 9.17) is 9.72 Å². The molecule has 9 nitrogen and oxygen atoms in total. The Labute approximate surface area is 229 Å². The summed E-state index contributed by atoms with van der Waals surface area (Å²) in [5, 5.41) is 13.5. The fraction of sp³-hybridized carbons (Fsp3) is 0.414. The van der Waals surface area contributed by atoms with E-state index in [9.17, 15) is 13.6 Å². The Balaban J connectivity index is 1.29.